The molecular formula is C31H31N3O3. The Kier molecular flexibility index (Phi) is 7.45. The minimum Gasteiger partial charge on any atom is -0.497 e. The number of rotatable bonds is 8. The molecular weight excluding hydrogens is 462 g/mol. The van der Waals surface area contributed by atoms with Crippen LogP contribution in [0.15, 0.2) is 78.4 Å². The number of nitrogens with zero attached hydrogens (tertiary/aromatic N) is 2. The van der Waals surface area contributed by atoms with Gasteiger partial charge in [0.1, 0.15) is 11.5 Å². The number of benzene rings is 3. The molecule has 0 atom stereocenters. The Bertz CT molecular complexity index is 1430. The summed E-state index contributed by atoms with van der Waals surface area (Å²) in [6.45, 7) is 0.641. The summed E-state index contributed by atoms with van der Waals surface area (Å²) in [5.41, 5.74) is 6.78. The minimum atomic E-state index is -0.0923. The first-order chi connectivity index (χ1) is 18.1. The van der Waals surface area contributed by atoms with Crippen LogP contribution in [0.25, 0.3) is 33.5 Å². The molecule has 1 aliphatic carbocycles. The molecule has 0 fully saturated rings. The van der Waals surface area contributed by atoms with Crippen molar-refractivity contribution in [2.75, 3.05) is 20.8 Å². The van der Waals surface area contributed by atoms with Crippen molar-refractivity contribution in [3.63, 3.8) is 0 Å². The highest BCUT2D eigenvalue weighted by molar-refractivity contribution is 5.98. The molecule has 188 valence electrons. The van der Waals surface area contributed by atoms with Gasteiger partial charge in [-0.25, -0.2) is 9.97 Å². The average Bonchev–Trinajstić information content (AvgIpc) is 2.97. The van der Waals surface area contributed by atoms with E-state index in [0.717, 1.165) is 58.8 Å². The third kappa shape index (κ3) is 5.64. The van der Waals surface area contributed by atoms with Crippen molar-refractivity contribution in [2.24, 2.45) is 0 Å². The van der Waals surface area contributed by atoms with Gasteiger partial charge in [-0.1, -0.05) is 11.6 Å². The number of ether oxygens (including phenoxy) is 2. The van der Waals surface area contributed by atoms with Crippen molar-refractivity contribution in [1.29, 1.82) is 0 Å². The van der Waals surface area contributed by atoms with Crippen molar-refractivity contribution in [1.82, 2.24) is 15.3 Å². The van der Waals surface area contributed by atoms with E-state index in [1.165, 1.54) is 18.4 Å². The summed E-state index contributed by atoms with van der Waals surface area (Å²) >= 11 is 0. The topological polar surface area (TPSA) is 73.3 Å². The summed E-state index contributed by atoms with van der Waals surface area (Å²) in [5.74, 6) is 1.45. The molecule has 0 spiro atoms. The number of hydrogen-bond donors (Lipinski definition) is 1. The van der Waals surface area contributed by atoms with Gasteiger partial charge < -0.3 is 14.8 Å². The normalized spacial score (nSPS) is 13.2. The van der Waals surface area contributed by atoms with E-state index in [1.807, 2.05) is 66.7 Å². The molecule has 0 radical (unpaired) electrons. The fourth-order valence-electron chi connectivity index (χ4n) is 4.67. The molecule has 0 unspecified atom stereocenters. The number of methoxy groups -OCH3 is 2. The van der Waals surface area contributed by atoms with Crippen molar-refractivity contribution >= 4 is 16.9 Å². The SMILES string of the molecule is COc1ccc(-c2nc3ccc(C(=O)NCCC4=CCCCC4)cc3nc2-c2ccc(OC)cc2)cc1. The Hall–Kier alpha value is -4.19. The van der Waals surface area contributed by atoms with E-state index in [2.05, 4.69) is 11.4 Å². The van der Waals surface area contributed by atoms with Crippen molar-refractivity contribution < 1.29 is 14.3 Å². The van der Waals surface area contributed by atoms with Gasteiger partial charge in [0, 0.05) is 23.2 Å². The van der Waals surface area contributed by atoms with E-state index in [4.69, 9.17) is 19.4 Å². The number of aromatic nitrogens is 2. The fraction of sp³-hybridized carbons (Fsp3) is 0.258. The molecule has 0 bridgehead atoms. The second-order valence-electron chi connectivity index (χ2n) is 9.20. The van der Waals surface area contributed by atoms with Crippen molar-refractivity contribution in [3.8, 4) is 34.0 Å². The molecule has 5 rings (SSSR count). The highest BCUT2D eigenvalue weighted by Gasteiger charge is 2.16. The number of amides is 1. The van der Waals surface area contributed by atoms with Gasteiger partial charge in [0.15, 0.2) is 0 Å². The van der Waals surface area contributed by atoms with Gasteiger partial charge in [0.2, 0.25) is 0 Å². The Morgan fingerprint density at radius 1 is 0.811 bits per heavy atom. The summed E-state index contributed by atoms with van der Waals surface area (Å²) in [4.78, 5) is 22.9. The molecule has 1 heterocycles. The summed E-state index contributed by atoms with van der Waals surface area (Å²) in [6.07, 6.45) is 8.05. The first-order valence-corrected chi connectivity index (χ1v) is 12.7. The van der Waals surface area contributed by atoms with Gasteiger partial charge in [0.05, 0.1) is 36.6 Å². The zero-order valence-corrected chi connectivity index (χ0v) is 21.3. The van der Waals surface area contributed by atoms with Gasteiger partial charge in [-0.2, -0.15) is 0 Å². The second-order valence-corrected chi connectivity index (χ2v) is 9.20. The molecule has 6 heteroatoms. The van der Waals surface area contributed by atoms with E-state index in [1.54, 1.807) is 14.2 Å². The smallest absolute Gasteiger partial charge is 0.251 e. The predicted octanol–water partition coefficient (Wildman–Crippen LogP) is 6.60. The molecule has 1 aromatic heterocycles. The van der Waals surface area contributed by atoms with Gasteiger partial charge in [-0.05, 0) is 98.8 Å². The Morgan fingerprint density at radius 2 is 1.43 bits per heavy atom. The molecule has 0 saturated carbocycles. The second kappa shape index (κ2) is 11.2. The molecule has 0 aliphatic heterocycles. The van der Waals surface area contributed by atoms with Crippen molar-refractivity contribution in [2.45, 2.75) is 32.1 Å². The number of carbonyl (C=O) groups is 1. The van der Waals surface area contributed by atoms with Crippen LogP contribution < -0.4 is 14.8 Å². The van der Waals surface area contributed by atoms with E-state index in [9.17, 15) is 4.79 Å². The maximum Gasteiger partial charge on any atom is 0.251 e. The lowest BCUT2D eigenvalue weighted by molar-refractivity contribution is 0.0954. The highest BCUT2D eigenvalue weighted by Crippen LogP contribution is 2.33. The minimum absolute atomic E-state index is 0.0923. The Labute approximate surface area is 217 Å². The molecule has 1 N–H and O–H groups in total. The zero-order valence-electron chi connectivity index (χ0n) is 21.3. The van der Waals surface area contributed by atoms with Gasteiger partial charge in [0.25, 0.3) is 5.91 Å². The lowest BCUT2D eigenvalue weighted by Gasteiger charge is -2.14. The monoisotopic (exact) mass is 493 g/mol. The third-order valence-electron chi connectivity index (χ3n) is 6.77. The van der Waals surface area contributed by atoms with Crippen LogP contribution in [0.4, 0.5) is 0 Å². The summed E-state index contributed by atoms with van der Waals surface area (Å²) in [7, 11) is 3.29. The van der Waals surface area contributed by atoms with Crippen LogP contribution in [0.1, 0.15) is 42.5 Å². The Morgan fingerprint density at radius 3 is 2.00 bits per heavy atom. The first-order valence-electron chi connectivity index (χ1n) is 12.7. The maximum absolute atomic E-state index is 12.9. The zero-order chi connectivity index (χ0) is 25.6. The van der Waals surface area contributed by atoms with Crippen LogP contribution in [0.5, 0.6) is 11.5 Å². The predicted molar refractivity (Wildman–Crippen MR) is 147 cm³/mol. The van der Waals surface area contributed by atoms with Crippen LogP contribution in [0.3, 0.4) is 0 Å². The van der Waals surface area contributed by atoms with Crippen LogP contribution in [0.2, 0.25) is 0 Å². The number of allylic oxidation sites excluding steroid dienone is 1. The molecule has 0 saturated heterocycles. The highest BCUT2D eigenvalue weighted by atomic mass is 16.5. The molecule has 37 heavy (non-hydrogen) atoms. The third-order valence-corrected chi connectivity index (χ3v) is 6.77. The first kappa shape index (κ1) is 24.5. The molecule has 1 amide bonds. The van der Waals surface area contributed by atoms with Crippen LogP contribution in [0, 0.1) is 0 Å². The molecule has 6 nitrogen and oxygen atoms in total. The van der Waals surface area contributed by atoms with E-state index >= 15 is 0 Å². The molecule has 4 aromatic rings. The maximum atomic E-state index is 12.9. The van der Waals surface area contributed by atoms with Crippen molar-refractivity contribution in [3.05, 3.63) is 83.9 Å². The average molecular weight is 494 g/mol. The lowest BCUT2D eigenvalue weighted by Crippen LogP contribution is -2.24. The summed E-state index contributed by atoms with van der Waals surface area (Å²) in [5, 5.41) is 3.06. The fourth-order valence-corrected chi connectivity index (χ4v) is 4.67. The van der Waals surface area contributed by atoms with Crippen LogP contribution in [-0.2, 0) is 0 Å². The standard InChI is InChI=1S/C31H31N3O3/c1-36-25-13-8-22(9-14-25)29-30(23-10-15-26(37-2)16-11-23)34-28-20-24(12-17-27(28)33-29)31(35)32-19-18-21-6-4-3-5-7-21/h6,8-17,20H,3-5,7,18-19H2,1-2H3,(H,32,35). The van der Waals surface area contributed by atoms with E-state index in [-0.39, 0.29) is 5.91 Å². The van der Waals surface area contributed by atoms with Crippen LogP contribution >= 0.6 is 0 Å². The quantitative estimate of drug-likeness (QED) is 0.280. The van der Waals surface area contributed by atoms with E-state index in [0.29, 0.717) is 17.6 Å². The van der Waals surface area contributed by atoms with Gasteiger partial charge in [-0.3, -0.25) is 4.79 Å². The van der Waals surface area contributed by atoms with Gasteiger partial charge in [-0.15, -0.1) is 0 Å². The molecule has 3 aromatic carbocycles. The summed E-state index contributed by atoms with van der Waals surface area (Å²) in [6, 6.07) is 21.0. The summed E-state index contributed by atoms with van der Waals surface area (Å²) < 4.78 is 10.7. The van der Waals surface area contributed by atoms with Crippen LogP contribution in [-0.4, -0.2) is 36.6 Å². The molecule has 1 aliphatic rings. The number of nitrogens with one attached hydrogen (secondary N) is 1. The number of hydrogen-bond acceptors (Lipinski definition) is 5. The Balaban J connectivity index is 1.47. The number of fused-ring (bicyclic) bond motifs is 1. The number of carbonyl (C=O) groups excluding carboxylic acids is 1. The van der Waals surface area contributed by atoms with E-state index < -0.39 is 0 Å². The van der Waals surface area contributed by atoms with Gasteiger partial charge >= 0.3 is 0 Å². The largest absolute Gasteiger partial charge is 0.497 e. The lowest BCUT2D eigenvalue weighted by atomic mass is 9.97.